The van der Waals surface area contributed by atoms with Crippen molar-refractivity contribution in [3.8, 4) is 0 Å². The van der Waals surface area contributed by atoms with Crippen LogP contribution in [0.3, 0.4) is 0 Å². The minimum atomic E-state index is -0.0000813. The highest BCUT2D eigenvalue weighted by molar-refractivity contribution is 5.64. The molecular formula is C11H22N4O2. The van der Waals surface area contributed by atoms with Gasteiger partial charge in [-0.3, -0.25) is 0 Å². The normalized spacial score (nSPS) is 12.7. The summed E-state index contributed by atoms with van der Waals surface area (Å²) in [6.07, 6.45) is -0.0000813. The van der Waals surface area contributed by atoms with E-state index < -0.39 is 0 Å². The number of hydrogen-bond acceptors (Lipinski definition) is 5. The van der Waals surface area contributed by atoms with Gasteiger partial charge in [0.15, 0.2) is 0 Å². The summed E-state index contributed by atoms with van der Waals surface area (Å²) in [7, 11) is 3.32. The number of methoxy groups -OCH3 is 2. The molecule has 1 rings (SSSR count). The Hall–Kier alpha value is -1.27. The number of nitrogens with zero attached hydrogens (tertiary/aromatic N) is 2. The van der Waals surface area contributed by atoms with Crippen molar-refractivity contribution < 1.29 is 9.47 Å². The molecular weight excluding hydrogens is 220 g/mol. The van der Waals surface area contributed by atoms with Gasteiger partial charge >= 0.3 is 0 Å². The van der Waals surface area contributed by atoms with E-state index in [1.54, 1.807) is 14.2 Å². The lowest BCUT2D eigenvalue weighted by atomic mass is 10.3. The van der Waals surface area contributed by atoms with Crippen LogP contribution in [0.5, 0.6) is 0 Å². The van der Waals surface area contributed by atoms with Gasteiger partial charge < -0.3 is 20.5 Å². The standard InChI is InChI=1S/C11H22N4O2/c1-5-15-11(10(12)8(2)14-15)13-6-9(17-4)7-16-3/h9,13H,5-7,12H2,1-4H3. The maximum Gasteiger partial charge on any atom is 0.148 e. The Morgan fingerprint density at radius 1 is 1.47 bits per heavy atom. The second kappa shape index (κ2) is 6.46. The number of ether oxygens (including phenoxy) is 2. The molecule has 0 aliphatic carbocycles. The molecule has 98 valence electrons. The van der Waals surface area contributed by atoms with Crippen molar-refractivity contribution >= 4 is 11.5 Å². The van der Waals surface area contributed by atoms with Gasteiger partial charge in [-0.2, -0.15) is 5.10 Å². The fourth-order valence-electron chi connectivity index (χ4n) is 1.62. The molecule has 0 saturated heterocycles. The molecule has 1 aromatic heterocycles. The lowest BCUT2D eigenvalue weighted by Gasteiger charge is -2.16. The summed E-state index contributed by atoms with van der Waals surface area (Å²) in [5, 5.41) is 7.60. The first kappa shape index (κ1) is 13.8. The second-order valence-corrected chi connectivity index (χ2v) is 3.86. The summed E-state index contributed by atoms with van der Waals surface area (Å²) in [6, 6.07) is 0. The highest BCUT2D eigenvalue weighted by Crippen LogP contribution is 2.21. The molecule has 1 aromatic rings. The van der Waals surface area contributed by atoms with E-state index in [1.165, 1.54) is 0 Å². The van der Waals surface area contributed by atoms with E-state index in [4.69, 9.17) is 15.2 Å². The van der Waals surface area contributed by atoms with Crippen molar-refractivity contribution in [1.29, 1.82) is 0 Å². The molecule has 0 fully saturated rings. The third-order valence-corrected chi connectivity index (χ3v) is 2.66. The Morgan fingerprint density at radius 2 is 2.18 bits per heavy atom. The average Bonchev–Trinajstić information content (AvgIpc) is 2.61. The molecule has 0 aliphatic heterocycles. The van der Waals surface area contributed by atoms with Gasteiger partial charge in [-0.15, -0.1) is 0 Å². The lowest BCUT2D eigenvalue weighted by Crippen LogP contribution is -2.27. The van der Waals surface area contributed by atoms with Gasteiger partial charge in [-0.05, 0) is 13.8 Å². The van der Waals surface area contributed by atoms with E-state index in [2.05, 4.69) is 10.4 Å². The zero-order valence-electron chi connectivity index (χ0n) is 11.0. The second-order valence-electron chi connectivity index (χ2n) is 3.86. The summed E-state index contributed by atoms with van der Waals surface area (Å²) >= 11 is 0. The average molecular weight is 242 g/mol. The van der Waals surface area contributed by atoms with Gasteiger partial charge in [-0.25, -0.2) is 4.68 Å². The molecule has 1 atom stereocenters. The molecule has 0 spiro atoms. The van der Waals surface area contributed by atoms with Crippen molar-refractivity contribution in [2.75, 3.05) is 38.4 Å². The first-order chi connectivity index (χ1) is 8.13. The summed E-state index contributed by atoms with van der Waals surface area (Å²) in [5.41, 5.74) is 7.50. The molecule has 6 heteroatoms. The third kappa shape index (κ3) is 3.34. The van der Waals surface area contributed by atoms with E-state index in [1.807, 2.05) is 18.5 Å². The van der Waals surface area contributed by atoms with Gasteiger partial charge in [0.2, 0.25) is 0 Å². The first-order valence-corrected chi connectivity index (χ1v) is 5.72. The minimum Gasteiger partial charge on any atom is -0.394 e. The predicted molar refractivity (Wildman–Crippen MR) is 68.2 cm³/mol. The fourth-order valence-corrected chi connectivity index (χ4v) is 1.62. The van der Waals surface area contributed by atoms with E-state index >= 15 is 0 Å². The van der Waals surface area contributed by atoms with Crippen LogP contribution in [0.4, 0.5) is 11.5 Å². The van der Waals surface area contributed by atoms with E-state index in [9.17, 15) is 0 Å². The summed E-state index contributed by atoms with van der Waals surface area (Å²) in [4.78, 5) is 0. The van der Waals surface area contributed by atoms with Crippen molar-refractivity contribution in [2.45, 2.75) is 26.5 Å². The van der Waals surface area contributed by atoms with Crippen molar-refractivity contribution in [2.24, 2.45) is 0 Å². The number of nitrogens with one attached hydrogen (secondary N) is 1. The van der Waals surface area contributed by atoms with Gasteiger partial charge in [0.05, 0.1) is 24.1 Å². The minimum absolute atomic E-state index is 0.0000813. The van der Waals surface area contributed by atoms with E-state index in [0.717, 1.165) is 18.1 Å². The fraction of sp³-hybridized carbons (Fsp3) is 0.727. The number of aryl methyl sites for hydroxylation is 2. The monoisotopic (exact) mass is 242 g/mol. The molecule has 3 N–H and O–H groups in total. The van der Waals surface area contributed by atoms with E-state index in [0.29, 0.717) is 18.8 Å². The number of aromatic nitrogens is 2. The Bertz CT molecular complexity index is 351. The van der Waals surface area contributed by atoms with Crippen molar-refractivity contribution in [3.63, 3.8) is 0 Å². The smallest absolute Gasteiger partial charge is 0.148 e. The Labute approximate surface area is 102 Å². The first-order valence-electron chi connectivity index (χ1n) is 5.72. The van der Waals surface area contributed by atoms with Crippen LogP contribution in [0, 0.1) is 6.92 Å². The maximum atomic E-state index is 5.96. The highest BCUT2D eigenvalue weighted by Gasteiger charge is 2.13. The quantitative estimate of drug-likeness (QED) is 0.742. The molecule has 17 heavy (non-hydrogen) atoms. The number of anilines is 2. The van der Waals surface area contributed by atoms with Crippen molar-refractivity contribution in [1.82, 2.24) is 9.78 Å². The third-order valence-electron chi connectivity index (χ3n) is 2.66. The van der Waals surface area contributed by atoms with Crippen LogP contribution in [0.2, 0.25) is 0 Å². The summed E-state index contributed by atoms with van der Waals surface area (Å²) < 4.78 is 12.2. The Kier molecular flexibility index (Phi) is 5.24. The molecule has 0 bridgehead atoms. The number of nitrogens with two attached hydrogens (primary N) is 1. The van der Waals surface area contributed by atoms with Gasteiger partial charge in [0, 0.05) is 27.3 Å². The zero-order chi connectivity index (χ0) is 12.8. The van der Waals surface area contributed by atoms with Gasteiger partial charge in [-0.1, -0.05) is 0 Å². The van der Waals surface area contributed by atoms with Crippen LogP contribution in [0.1, 0.15) is 12.6 Å². The van der Waals surface area contributed by atoms with Crippen LogP contribution in [-0.2, 0) is 16.0 Å². The topological polar surface area (TPSA) is 74.3 Å². The number of rotatable bonds is 7. The van der Waals surface area contributed by atoms with E-state index in [-0.39, 0.29) is 6.10 Å². The summed E-state index contributed by atoms with van der Waals surface area (Å²) in [6.45, 7) is 5.89. The van der Waals surface area contributed by atoms with Crippen LogP contribution < -0.4 is 11.1 Å². The Balaban J connectivity index is 2.67. The maximum absolute atomic E-state index is 5.96. The molecule has 0 amide bonds. The van der Waals surface area contributed by atoms with Crippen molar-refractivity contribution in [3.05, 3.63) is 5.69 Å². The molecule has 0 radical (unpaired) electrons. The predicted octanol–water partition coefficient (Wildman–Crippen LogP) is 0.867. The molecule has 1 unspecified atom stereocenters. The van der Waals surface area contributed by atoms with Crippen LogP contribution in [-0.4, -0.2) is 43.3 Å². The molecule has 0 saturated carbocycles. The zero-order valence-corrected chi connectivity index (χ0v) is 11.0. The molecule has 6 nitrogen and oxygen atoms in total. The van der Waals surface area contributed by atoms with Gasteiger partial charge in [0.1, 0.15) is 5.82 Å². The lowest BCUT2D eigenvalue weighted by molar-refractivity contribution is 0.0365. The summed E-state index contributed by atoms with van der Waals surface area (Å²) in [5.74, 6) is 0.850. The largest absolute Gasteiger partial charge is 0.394 e. The van der Waals surface area contributed by atoms with Crippen LogP contribution in [0.15, 0.2) is 0 Å². The van der Waals surface area contributed by atoms with Crippen LogP contribution in [0.25, 0.3) is 0 Å². The number of nitrogen functional groups attached to an aromatic ring is 1. The molecule has 0 aliphatic rings. The number of hydrogen-bond donors (Lipinski definition) is 2. The van der Waals surface area contributed by atoms with Crippen LogP contribution >= 0.6 is 0 Å². The molecule has 0 aromatic carbocycles. The Morgan fingerprint density at radius 3 is 2.71 bits per heavy atom. The highest BCUT2D eigenvalue weighted by atomic mass is 16.5. The van der Waals surface area contributed by atoms with Gasteiger partial charge in [0.25, 0.3) is 0 Å². The molecule has 1 heterocycles. The SMILES string of the molecule is CCn1nc(C)c(N)c1NCC(COC)OC.